The molecule has 0 fully saturated rings. The van der Waals surface area contributed by atoms with Crippen molar-refractivity contribution in [2.45, 2.75) is 79.0 Å². The van der Waals surface area contributed by atoms with Crippen molar-refractivity contribution in [3.05, 3.63) is 28.8 Å². The van der Waals surface area contributed by atoms with E-state index >= 15 is 0 Å². The van der Waals surface area contributed by atoms with Gasteiger partial charge in [-0.15, -0.1) is 0 Å². The van der Waals surface area contributed by atoms with Crippen molar-refractivity contribution in [2.24, 2.45) is 0 Å². The number of hydrogen-bond donors (Lipinski definition) is 1. The van der Waals surface area contributed by atoms with E-state index < -0.39 is 20.6 Å². The second-order valence-electron chi connectivity index (χ2n) is 7.87. The molecule has 7 nitrogen and oxygen atoms in total. The van der Waals surface area contributed by atoms with Crippen molar-refractivity contribution in [3.8, 4) is 5.75 Å². The summed E-state index contributed by atoms with van der Waals surface area (Å²) in [5.74, 6) is 0.417. The Labute approximate surface area is 187 Å². The average Bonchev–Trinajstić information content (AvgIpc) is 2.67. The van der Waals surface area contributed by atoms with Crippen molar-refractivity contribution in [3.63, 3.8) is 0 Å². The molecule has 1 rings (SSSR count). The predicted molar refractivity (Wildman–Crippen MR) is 125 cm³/mol. The molecule has 0 aliphatic heterocycles. The number of phenolic OH excluding ortho intramolecular Hbond substituents is 1. The Morgan fingerprint density at radius 3 is 1.32 bits per heavy atom. The third-order valence-corrected chi connectivity index (χ3v) is 10.9. The highest BCUT2D eigenvalue weighted by Gasteiger charge is 2.50. The maximum atomic E-state index is 13.8. The van der Waals surface area contributed by atoms with Crippen LogP contribution in [0.25, 0.3) is 0 Å². The molecular formula is C22H40O7P2. The number of aromatic hydroxyl groups is 1. The summed E-state index contributed by atoms with van der Waals surface area (Å²) in [5.41, 5.74) is 2.34. The van der Waals surface area contributed by atoms with Gasteiger partial charge in [-0.2, -0.15) is 0 Å². The molecule has 1 N–H and O–H groups in total. The van der Waals surface area contributed by atoms with Crippen LogP contribution in [0.2, 0.25) is 0 Å². The molecule has 180 valence electrons. The number of phenols is 1. The summed E-state index contributed by atoms with van der Waals surface area (Å²) in [6.45, 7) is 15.4. The highest BCUT2D eigenvalue weighted by Crippen LogP contribution is 2.71. The Bertz CT molecular complexity index is 713. The molecular weight excluding hydrogens is 438 g/mol. The van der Waals surface area contributed by atoms with E-state index in [1.165, 1.54) is 0 Å². The summed E-state index contributed by atoms with van der Waals surface area (Å²) in [6.07, 6.45) is 0.105. The van der Waals surface area contributed by atoms with Gasteiger partial charge in [0, 0.05) is 0 Å². The minimum Gasteiger partial charge on any atom is -0.507 e. The first kappa shape index (κ1) is 28.4. The van der Waals surface area contributed by atoms with Crippen molar-refractivity contribution in [1.82, 2.24) is 0 Å². The largest absolute Gasteiger partial charge is 0.507 e. The average molecular weight is 479 g/mol. The van der Waals surface area contributed by atoms with Gasteiger partial charge in [0.1, 0.15) is 5.75 Å². The molecule has 0 bridgehead atoms. The topological polar surface area (TPSA) is 91.3 Å². The van der Waals surface area contributed by atoms with Crippen molar-refractivity contribution in [2.75, 3.05) is 26.4 Å². The molecule has 31 heavy (non-hydrogen) atoms. The van der Waals surface area contributed by atoms with Gasteiger partial charge in [0.25, 0.3) is 0 Å². The third kappa shape index (κ3) is 7.15. The van der Waals surface area contributed by atoms with Gasteiger partial charge in [-0.3, -0.25) is 9.13 Å². The quantitative estimate of drug-likeness (QED) is 0.287. The Kier molecular flexibility index (Phi) is 11.5. The molecule has 0 aliphatic carbocycles. The zero-order valence-corrected chi connectivity index (χ0v) is 22.0. The van der Waals surface area contributed by atoms with E-state index in [0.717, 1.165) is 16.7 Å². The standard InChI is InChI=1S/C22H40O7P2/c1-9-26-30(24,27-10-2)21(31(25,28-11-3)29-12-4)15-18-13-19(16(5)6)22(23)20(14-18)17(7)8/h13-14,16-17,21,23H,9-12,15H2,1-8H3. The fourth-order valence-corrected chi connectivity index (χ4v) is 8.82. The zero-order chi connectivity index (χ0) is 23.8. The van der Waals surface area contributed by atoms with Crippen molar-refractivity contribution in [1.29, 1.82) is 0 Å². The van der Waals surface area contributed by atoms with Crippen LogP contribution in [0.15, 0.2) is 12.1 Å². The second-order valence-corrected chi connectivity index (χ2v) is 12.7. The molecule has 0 heterocycles. The lowest BCUT2D eigenvalue weighted by atomic mass is 9.91. The fourth-order valence-electron chi connectivity index (χ4n) is 3.49. The van der Waals surface area contributed by atoms with Crippen LogP contribution in [0.4, 0.5) is 0 Å². The first-order valence-electron chi connectivity index (χ1n) is 11.1. The fraction of sp³-hybridized carbons (Fsp3) is 0.727. The van der Waals surface area contributed by atoms with E-state index in [0.29, 0.717) is 0 Å². The summed E-state index contributed by atoms with van der Waals surface area (Å²) in [4.78, 5) is 0. The lowest BCUT2D eigenvalue weighted by molar-refractivity contribution is 0.195. The molecule has 0 saturated heterocycles. The van der Waals surface area contributed by atoms with Crippen LogP contribution in [-0.4, -0.2) is 36.9 Å². The SMILES string of the molecule is CCOP(=O)(OCC)C(Cc1cc(C(C)C)c(O)c(C(C)C)c1)P(=O)(OCC)OCC. The van der Waals surface area contributed by atoms with Gasteiger partial charge >= 0.3 is 15.2 Å². The summed E-state index contributed by atoms with van der Waals surface area (Å²) in [7, 11) is -7.68. The van der Waals surface area contributed by atoms with E-state index in [1.54, 1.807) is 27.7 Å². The molecule has 1 aromatic carbocycles. The highest BCUT2D eigenvalue weighted by atomic mass is 31.2. The van der Waals surface area contributed by atoms with E-state index in [4.69, 9.17) is 18.1 Å². The first-order valence-corrected chi connectivity index (χ1v) is 14.3. The van der Waals surface area contributed by atoms with E-state index in [9.17, 15) is 14.2 Å². The lowest BCUT2D eigenvalue weighted by Crippen LogP contribution is -2.20. The Morgan fingerprint density at radius 1 is 0.742 bits per heavy atom. The third-order valence-electron chi connectivity index (χ3n) is 4.86. The van der Waals surface area contributed by atoms with E-state index in [2.05, 4.69) is 0 Å². The second kappa shape index (κ2) is 12.5. The van der Waals surface area contributed by atoms with Gasteiger partial charge in [0.2, 0.25) is 0 Å². The van der Waals surface area contributed by atoms with Crippen LogP contribution in [0, 0.1) is 0 Å². The monoisotopic (exact) mass is 478 g/mol. The smallest absolute Gasteiger partial charge is 0.346 e. The Morgan fingerprint density at radius 2 is 1.06 bits per heavy atom. The molecule has 0 spiro atoms. The van der Waals surface area contributed by atoms with Crippen LogP contribution in [0.5, 0.6) is 5.75 Å². The van der Waals surface area contributed by atoms with Gasteiger partial charge in [-0.25, -0.2) is 0 Å². The molecule has 0 aromatic heterocycles. The summed E-state index contributed by atoms with van der Waals surface area (Å²) in [6, 6.07) is 3.73. The Balaban J connectivity index is 3.68. The molecule has 0 aliphatic rings. The molecule has 0 amide bonds. The van der Waals surface area contributed by atoms with Crippen molar-refractivity contribution < 1.29 is 32.3 Å². The van der Waals surface area contributed by atoms with Gasteiger partial charge in [0.15, 0.2) is 5.40 Å². The van der Waals surface area contributed by atoms with Gasteiger partial charge < -0.3 is 23.2 Å². The zero-order valence-electron chi connectivity index (χ0n) is 20.2. The van der Waals surface area contributed by atoms with E-state index in [1.807, 2.05) is 39.8 Å². The minimum atomic E-state index is -3.84. The van der Waals surface area contributed by atoms with Crippen molar-refractivity contribution >= 4 is 15.2 Å². The van der Waals surface area contributed by atoms with Crippen LogP contribution in [0.1, 0.15) is 83.9 Å². The maximum Gasteiger partial charge on any atom is 0.346 e. The molecule has 9 heteroatoms. The molecule has 0 unspecified atom stereocenters. The summed E-state index contributed by atoms with van der Waals surface area (Å²) < 4.78 is 49.9. The summed E-state index contributed by atoms with van der Waals surface area (Å²) in [5, 5.41) is 9.62. The predicted octanol–water partition coefficient (Wildman–Crippen LogP) is 7.04. The van der Waals surface area contributed by atoms with Crippen LogP contribution < -0.4 is 0 Å². The van der Waals surface area contributed by atoms with Crippen LogP contribution in [0.3, 0.4) is 0 Å². The maximum absolute atomic E-state index is 13.8. The summed E-state index contributed by atoms with van der Waals surface area (Å²) >= 11 is 0. The van der Waals surface area contributed by atoms with Gasteiger partial charge in [0.05, 0.1) is 26.4 Å². The number of benzene rings is 1. The Hall–Kier alpha value is -0.680. The molecule has 0 saturated carbocycles. The van der Waals surface area contributed by atoms with Crippen LogP contribution >= 0.6 is 15.2 Å². The lowest BCUT2D eigenvalue weighted by Gasteiger charge is -2.31. The number of hydrogen-bond acceptors (Lipinski definition) is 7. The minimum absolute atomic E-state index is 0.0760. The molecule has 0 atom stereocenters. The normalized spacial score (nSPS) is 13.0. The van der Waals surface area contributed by atoms with Gasteiger partial charge in [-0.05, 0) is 62.6 Å². The number of rotatable bonds is 14. The van der Waals surface area contributed by atoms with Gasteiger partial charge in [-0.1, -0.05) is 39.8 Å². The first-order chi connectivity index (χ1) is 14.5. The molecule has 0 radical (unpaired) electrons. The molecule has 1 aromatic rings. The van der Waals surface area contributed by atoms with Crippen LogP contribution in [-0.2, 0) is 33.6 Å². The van der Waals surface area contributed by atoms with E-state index in [-0.39, 0.29) is 50.4 Å². The highest BCUT2D eigenvalue weighted by molar-refractivity contribution is 7.72.